The summed E-state index contributed by atoms with van der Waals surface area (Å²) in [6, 6.07) is 2.10. The summed E-state index contributed by atoms with van der Waals surface area (Å²) in [7, 11) is -2.31. The van der Waals surface area contributed by atoms with Crippen molar-refractivity contribution in [3.05, 3.63) is 22.3 Å². The van der Waals surface area contributed by atoms with E-state index in [1.807, 2.05) is 0 Å². The van der Waals surface area contributed by atoms with Gasteiger partial charge in [-0.3, -0.25) is 4.72 Å². The number of anilines is 2. The number of aromatic nitrogens is 2. The summed E-state index contributed by atoms with van der Waals surface area (Å²) in [6.07, 6.45) is 4.07. The van der Waals surface area contributed by atoms with E-state index < -0.39 is 10.0 Å². The van der Waals surface area contributed by atoms with E-state index in [0.717, 1.165) is 29.7 Å². The molecule has 0 radical (unpaired) electrons. The Bertz CT molecular complexity index is 838. The third-order valence-corrected chi connectivity index (χ3v) is 6.24. The van der Waals surface area contributed by atoms with Crippen molar-refractivity contribution >= 4 is 32.2 Å². The van der Waals surface area contributed by atoms with Crippen molar-refractivity contribution in [3.63, 3.8) is 0 Å². The molecule has 110 valence electrons. The predicted molar refractivity (Wildman–Crippen MR) is 79.5 cm³/mol. The first kappa shape index (κ1) is 13.9. The van der Waals surface area contributed by atoms with Crippen LogP contribution in [-0.2, 0) is 29.9 Å². The zero-order valence-electron chi connectivity index (χ0n) is 11.3. The Morgan fingerprint density at radius 1 is 1.52 bits per heavy atom. The van der Waals surface area contributed by atoms with Gasteiger partial charge < -0.3 is 10.3 Å². The van der Waals surface area contributed by atoms with Crippen LogP contribution in [0.25, 0.3) is 0 Å². The molecule has 0 aromatic carbocycles. The smallest absolute Gasteiger partial charge is 0.282 e. The van der Waals surface area contributed by atoms with Crippen molar-refractivity contribution in [1.29, 1.82) is 5.26 Å². The molecule has 0 amide bonds. The highest BCUT2D eigenvalue weighted by Crippen LogP contribution is 2.39. The van der Waals surface area contributed by atoms with Crippen LogP contribution in [0.3, 0.4) is 0 Å². The molecule has 1 aliphatic carbocycles. The lowest BCUT2D eigenvalue weighted by Crippen LogP contribution is -2.17. The molecule has 0 saturated carbocycles. The van der Waals surface area contributed by atoms with Crippen molar-refractivity contribution in [2.45, 2.75) is 24.3 Å². The van der Waals surface area contributed by atoms with Crippen molar-refractivity contribution in [2.24, 2.45) is 7.05 Å². The van der Waals surface area contributed by atoms with Gasteiger partial charge >= 0.3 is 0 Å². The van der Waals surface area contributed by atoms with Gasteiger partial charge in [0.05, 0.1) is 11.9 Å². The number of sulfonamides is 1. The molecule has 21 heavy (non-hydrogen) atoms. The number of imidazole rings is 1. The van der Waals surface area contributed by atoms with Gasteiger partial charge in [0.25, 0.3) is 10.0 Å². The number of hydrogen-bond acceptors (Lipinski definition) is 6. The number of nitrogens with one attached hydrogen (secondary N) is 1. The molecule has 3 rings (SSSR count). The summed E-state index contributed by atoms with van der Waals surface area (Å²) in [5.41, 5.74) is 7.01. The fraction of sp³-hybridized carbons (Fsp3) is 0.333. The molecule has 0 atom stereocenters. The van der Waals surface area contributed by atoms with Crippen molar-refractivity contribution in [1.82, 2.24) is 9.55 Å². The quantitative estimate of drug-likeness (QED) is 0.881. The summed E-state index contributed by atoms with van der Waals surface area (Å²) in [4.78, 5) is 4.86. The lowest BCUT2D eigenvalue weighted by molar-refractivity contribution is 0.592. The number of fused-ring (bicyclic) bond motifs is 1. The molecular formula is C12H13N5O2S2. The van der Waals surface area contributed by atoms with E-state index in [9.17, 15) is 13.7 Å². The Balaban J connectivity index is 2.03. The SMILES string of the molecule is Cn1cnc(N)c1S(=O)(=O)Nc1sc2c(c1C#N)CCC2. The number of hydrogen-bond donors (Lipinski definition) is 2. The first-order valence-electron chi connectivity index (χ1n) is 6.28. The van der Waals surface area contributed by atoms with Gasteiger partial charge in [0.2, 0.25) is 0 Å². The summed E-state index contributed by atoms with van der Waals surface area (Å²) in [6.45, 7) is 0. The average Bonchev–Trinajstić information content (AvgIpc) is 3.04. The van der Waals surface area contributed by atoms with Crippen LogP contribution in [0.4, 0.5) is 10.8 Å². The number of thiophene rings is 1. The lowest BCUT2D eigenvalue weighted by Gasteiger charge is -2.08. The zero-order valence-corrected chi connectivity index (χ0v) is 12.9. The maximum absolute atomic E-state index is 12.4. The van der Waals surface area contributed by atoms with Crippen molar-refractivity contribution in [2.75, 3.05) is 10.5 Å². The van der Waals surface area contributed by atoms with Gasteiger partial charge in [-0.15, -0.1) is 11.3 Å². The minimum Gasteiger partial charge on any atom is -0.381 e. The van der Waals surface area contributed by atoms with E-state index in [-0.39, 0.29) is 10.8 Å². The van der Waals surface area contributed by atoms with E-state index in [1.54, 1.807) is 7.05 Å². The van der Waals surface area contributed by atoms with Gasteiger partial charge in [-0.25, -0.2) is 4.98 Å². The molecule has 0 aliphatic heterocycles. The van der Waals surface area contributed by atoms with E-state index in [0.29, 0.717) is 10.6 Å². The van der Waals surface area contributed by atoms with Gasteiger partial charge in [0.1, 0.15) is 11.1 Å². The van der Waals surface area contributed by atoms with Crippen molar-refractivity contribution in [3.8, 4) is 6.07 Å². The Kier molecular flexibility index (Phi) is 3.15. The Hall–Kier alpha value is -2.05. The summed E-state index contributed by atoms with van der Waals surface area (Å²) in [5, 5.41) is 9.55. The molecular weight excluding hydrogens is 310 g/mol. The van der Waals surface area contributed by atoms with Gasteiger partial charge in [-0.2, -0.15) is 13.7 Å². The van der Waals surface area contributed by atoms with Crippen molar-refractivity contribution < 1.29 is 8.42 Å². The second kappa shape index (κ2) is 4.75. The minimum absolute atomic E-state index is 0.0624. The van der Waals surface area contributed by atoms with Gasteiger partial charge in [-0.1, -0.05) is 0 Å². The molecule has 3 N–H and O–H groups in total. The van der Waals surface area contributed by atoms with Gasteiger partial charge in [0, 0.05) is 11.9 Å². The Labute approximate surface area is 126 Å². The molecule has 2 aromatic heterocycles. The highest BCUT2D eigenvalue weighted by Gasteiger charge is 2.28. The van der Waals surface area contributed by atoms with Crippen LogP contribution in [0.2, 0.25) is 0 Å². The van der Waals surface area contributed by atoms with E-state index in [2.05, 4.69) is 15.8 Å². The van der Waals surface area contributed by atoms with Crippen LogP contribution in [0.15, 0.2) is 11.4 Å². The molecule has 0 spiro atoms. The largest absolute Gasteiger partial charge is 0.381 e. The molecule has 1 aliphatic rings. The van der Waals surface area contributed by atoms with Crippen LogP contribution in [-0.4, -0.2) is 18.0 Å². The fourth-order valence-electron chi connectivity index (χ4n) is 2.53. The second-order valence-electron chi connectivity index (χ2n) is 4.82. The number of nitrogen functional groups attached to an aromatic ring is 1. The monoisotopic (exact) mass is 323 g/mol. The standard InChI is InChI=1S/C12H13N5O2S2/c1-17-6-15-10(14)12(17)21(18,19)16-11-8(5-13)7-3-2-4-9(7)20-11/h6,16H,2-4,14H2,1H3. The van der Waals surface area contributed by atoms with Crippen LogP contribution in [0.5, 0.6) is 0 Å². The molecule has 2 heterocycles. The van der Waals surface area contributed by atoms with Crippen LogP contribution >= 0.6 is 11.3 Å². The van der Waals surface area contributed by atoms with Gasteiger partial charge in [-0.05, 0) is 24.8 Å². The number of aryl methyl sites for hydroxylation is 2. The number of nitrogens with zero attached hydrogens (tertiary/aromatic N) is 3. The molecule has 0 fully saturated rings. The normalized spacial score (nSPS) is 13.9. The van der Waals surface area contributed by atoms with Crippen LogP contribution < -0.4 is 10.5 Å². The molecule has 0 bridgehead atoms. The Morgan fingerprint density at radius 3 is 2.90 bits per heavy atom. The zero-order chi connectivity index (χ0) is 15.2. The number of rotatable bonds is 3. The van der Waals surface area contributed by atoms with E-state index >= 15 is 0 Å². The lowest BCUT2D eigenvalue weighted by atomic mass is 10.1. The maximum Gasteiger partial charge on any atom is 0.282 e. The van der Waals surface area contributed by atoms with E-state index in [4.69, 9.17) is 5.73 Å². The van der Waals surface area contributed by atoms with E-state index in [1.165, 1.54) is 22.2 Å². The molecule has 0 saturated heterocycles. The molecule has 7 nitrogen and oxygen atoms in total. The first-order valence-corrected chi connectivity index (χ1v) is 8.58. The molecule has 9 heteroatoms. The summed E-state index contributed by atoms with van der Waals surface area (Å²) < 4.78 is 28.7. The fourth-order valence-corrected chi connectivity index (χ4v) is 5.31. The summed E-state index contributed by atoms with van der Waals surface area (Å²) in [5.74, 6) is -0.0624. The highest BCUT2D eigenvalue weighted by atomic mass is 32.2. The molecule has 2 aromatic rings. The van der Waals surface area contributed by atoms with Crippen LogP contribution in [0, 0.1) is 11.3 Å². The average molecular weight is 323 g/mol. The Morgan fingerprint density at radius 2 is 2.29 bits per heavy atom. The predicted octanol–water partition coefficient (Wildman–Crippen LogP) is 1.22. The van der Waals surface area contributed by atoms with Crippen LogP contribution in [0.1, 0.15) is 22.4 Å². The number of nitriles is 1. The third-order valence-electron chi connectivity index (χ3n) is 3.42. The number of nitrogens with two attached hydrogens (primary N) is 1. The summed E-state index contributed by atoms with van der Waals surface area (Å²) >= 11 is 1.33. The topological polar surface area (TPSA) is 114 Å². The third kappa shape index (κ3) is 2.16. The molecule has 0 unspecified atom stereocenters. The first-order chi connectivity index (χ1) is 9.94. The minimum atomic E-state index is -3.87. The maximum atomic E-state index is 12.4. The second-order valence-corrected chi connectivity index (χ2v) is 7.53. The highest BCUT2D eigenvalue weighted by molar-refractivity contribution is 7.93. The van der Waals surface area contributed by atoms with Gasteiger partial charge in [0.15, 0.2) is 10.8 Å².